The van der Waals surface area contributed by atoms with Crippen LogP contribution in [0, 0.1) is 0 Å². The third-order valence-corrected chi connectivity index (χ3v) is 4.28. The quantitative estimate of drug-likeness (QED) is 0.866. The summed E-state index contributed by atoms with van der Waals surface area (Å²) in [5, 5.41) is 14.3. The number of rotatable bonds is 2. The van der Waals surface area contributed by atoms with Crippen molar-refractivity contribution in [2.75, 3.05) is 13.1 Å². The molecule has 2 heterocycles. The maximum absolute atomic E-state index is 12.4. The van der Waals surface area contributed by atoms with Crippen LogP contribution in [0.1, 0.15) is 12.8 Å². The van der Waals surface area contributed by atoms with Crippen LogP contribution in [0.25, 0.3) is 10.9 Å². The van der Waals surface area contributed by atoms with Gasteiger partial charge in [0.25, 0.3) is 5.56 Å². The smallest absolute Gasteiger partial charge is 0.261 e. The van der Waals surface area contributed by atoms with Gasteiger partial charge in [0, 0.05) is 4.47 Å². The normalized spacial score (nSPS) is 18.3. The van der Waals surface area contributed by atoms with Crippen LogP contribution in [0.2, 0.25) is 0 Å². The van der Waals surface area contributed by atoms with Gasteiger partial charge in [0.15, 0.2) is 0 Å². The lowest BCUT2D eigenvalue weighted by atomic mass is 9.92. The van der Waals surface area contributed by atoms with E-state index in [2.05, 4.69) is 26.2 Å². The summed E-state index contributed by atoms with van der Waals surface area (Å²) in [6, 6.07) is 5.41. The highest BCUT2D eigenvalue weighted by Crippen LogP contribution is 2.20. The molecule has 6 heteroatoms. The van der Waals surface area contributed by atoms with Crippen LogP contribution in [0.15, 0.2) is 33.8 Å². The van der Waals surface area contributed by atoms with E-state index in [4.69, 9.17) is 0 Å². The molecule has 2 N–H and O–H groups in total. The molecule has 0 bridgehead atoms. The molecule has 1 aliphatic rings. The molecule has 0 saturated carbocycles. The van der Waals surface area contributed by atoms with E-state index in [0.717, 1.165) is 17.6 Å². The summed E-state index contributed by atoms with van der Waals surface area (Å²) in [5.74, 6) is 0. The Labute approximate surface area is 124 Å². The van der Waals surface area contributed by atoms with E-state index >= 15 is 0 Å². The molecule has 1 fully saturated rings. The molecular weight excluding hydrogens is 322 g/mol. The second kappa shape index (κ2) is 5.27. The number of hydrogen-bond acceptors (Lipinski definition) is 4. The fourth-order valence-electron chi connectivity index (χ4n) is 2.61. The lowest BCUT2D eigenvalue weighted by Crippen LogP contribution is -2.46. The summed E-state index contributed by atoms with van der Waals surface area (Å²) in [5.41, 5.74) is -0.257. The Morgan fingerprint density at radius 1 is 1.40 bits per heavy atom. The maximum Gasteiger partial charge on any atom is 0.261 e. The van der Waals surface area contributed by atoms with Gasteiger partial charge in [-0.05, 0) is 44.1 Å². The number of aromatic nitrogens is 2. The van der Waals surface area contributed by atoms with Gasteiger partial charge in [0.2, 0.25) is 0 Å². The molecule has 0 atom stereocenters. The SMILES string of the molecule is O=c1c2ccc(Br)cc2ncn1CC1(O)CCNCC1. The van der Waals surface area contributed by atoms with Gasteiger partial charge in [-0.2, -0.15) is 0 Å². The van der Waals surface area contributed by atoms with Crippen molar-refractivity contribution in [1.82, 2.24) is 14.9 Å². The van der Waals surface area contributed by atoms with Gasteiger partial charge in [-0.15, -0.1) is 0 Å². The van der Waals surface area contributed by atoms with Crippen LogP contribution < -0.4 is 10.9 Å². The average molecular weight is 338 g/mol. The van der Waals surface area contributed by atoms with Crippen molar-refractivity contribution in [3.63, 3.8) is 0 Å². The van der Waals surface area contributed by atoms with E-state index < -0.39 is 5.60 Å². The summed E-state index contributed by atoms with van der Waals surface area (Å²) in [7, 11) is 0. The van der Waals surface area contributed by atoms with Crippen molar-refractivity contribution in [3.8, 4) is 0 Å². The summed E-state index contributed by atoms with van der Waals surface area (Å²) in [6.45, 7) is 1.85. The van der Waals surface area contributed by atoms with Crippen LogP contribution in [0.5, 0.6) is 0 Å². The number of piperidine rings is 1. The summed E-state index contributed by atoms with van der Waals surface area (Å²) in [4.78, 5) is 16.7. The molecule has 1 aromatic carbocycles. The van der Waals surface area contributed by atoms with Crippen molar-refractivity contribution in [2.24, 2.45) is 0 Å². The third kappa shape index (κ3) is 2.63. The Morgan fingerprint density at radius 2 is 2.15 bits per heavy atom. The summed E-state index contributed by atoms with van der Waals surface area (Å²) >= 11 is 3.37. The van der Waals surface area contributed by atoms with Crippen molar-refractivity contribution in [2.45, 2.75) is 25.0 Å². The minimum Gasteiger partial charge on any atom is -0.388 e. The number of halogens is 1. The topological polar surface area (TPSA) is 67.2 Å². The standard InChI is InChI=1S/C14H16BrN3O2/c15-10-1-2-11-12(7-10)17-9-18(13(11)19)8-14(20)3-5-16-6-4-14/h1-2,7,9,16,20H,3-6,8H2. The van der Waals surface area contributed by atoms with Gasteiger partial charge in [0.05, 0.1) is 29.4 Å². The van der Waals surface area contributed by atoms with Crippen LogP contribution in [0.3, 0.4) is 0 Å². The predicted molar refractivity (Wildman–Crippen MR) is 80.8 cm³/mol. The van der Waals surface area contributed by atoms with Crippen LogP contribution in [-0.2, 0) is 6.54 Å². The van der Waals surface area contributed by atoms with E-state index in [0.29, 0.717) is 30.3 Å². The van der Waals surface area contributed by atoms with Gasteiger partial charge in [0.1, 0.15) is 0 Å². The van der Waals surface area contributed by atoms with Crippen LogP contribution >= 0.6 is 15.9 Å². The molecule has 1 aliphatic heterocycles. The predicted octanol–water partition coefficient (Wildman–Crippen LogP) is 1.27. The number of nitrogens with zero attached hydrogens (tertiary/aromatic N) is 2. The first-order chi connectivity index (χ1) is 9.57. The Bertz CT molecular complexity index is 692. The summed E-state index contributed by atoms with van der Waals surface area (Å²) < 4.78 is 2.41. The van der Waals surface area contributed by atoms with E-state index in [1.54, 1.807) is 6.07 Å². The second-order valence-corrected chi connectivity index (χ2v) is 6.23. The van der Waals surface area contributed by atoms with Crippen molar-refractivity contribution < 1.29 is 5.11 Å². The third-order valence-electron chi connectivity index (χ3n) is 3.79. The number of benzene rings is 1. The summed E-state index contributed by atoms with van der Waals surface area (Å²) in [6.07, 6.45) is 2.83. The fraction of sp³-hybridized carbons (Fsp3) is 0.429. The number of aliphatic hydroxyl groups is 1. The number of fused-ring (bicyclic) bond motifs is 1. The highest BCUT2D eigenvalue weighted by molar-refractivity contribution is 9.10. The second-order valence-electron chi connectivity index (χ2n) is 5.31. The van der Waals surface area contributed by atoms with Gasteiger partial charge in [-0.3, -0.25) is 9.36 Å². The first-order valence-electron chi connectivity index (χ1n) is 6.65. The van der Waals surface area contributed by atoms with Crippen molar-refractivity contribution in [1.29, 1.82) is 0 Å². The Kier molecular flexibility index (Phi) is 3.62. The largest absolute Gasteiger partial charge is 0.388 e. The van der Waals surface area contributed by atoms with Gasteiger partial charge >= 0.3 is 0 Å². The van der Waals surface area contributed by atoms with E-state index in [1.807, 2.05) is 12.1 Å². The van der Waals surface area contributed by atoms with Gasteiger partial charge < -0.3 is 10.4 Å². The molecule has 1 aromatic heterocycles. The lowest BCUT2D eigenvalue weighted by molar-refractivity contribution is -0.00627. The fourth-order valence-corrected chi connectivity index (χ4v) is 2.96. The molecule has 0 amide bonds. The highest BCUT2D eigenvalue weighted by atomic mass is 79.9. The number of hydrogen-bond donors (Lipinski definition) is 2. The molecule has 106 valence electrons. The zero-order chi connectivity index (χ0) is 14.2. The van der Waals surface area contributed by atoms with Crippen LogP contribution in [0.4, 0.5) is 0 Å². The van der Waals surface area contributed by atoms with Crippen molar-refractivity contribution in [3.05, 3.63) is 39.4 Å². The Hall–Kier alpha value is -1.24. The molecule has 0 unspecified atom stereocenters. The lowest BCUT2D eigenvalue weighted by Gasteiger charge is -2.32. The highest BCUT2D eigenvalue weighted by Gasteiger charge is 2.30. The molecular formula is C14H16BrN3O2. The zero-order valence-electron chi connectivity index (χ0n) is 11.0. The average Bonchev–Trinajstić information content (AvgIpc) is 2.43. The molecule has 2 aromatic rings. The molecule has 0 aliphatic carbocycles. The van der Waals surface area contributed by atoms with Gasteiger partial charge in [-0.1, -0.05) is 15.9 Å². The molecule has 1 saturated heterocycles. The molecule has 0 radical (unpaired) electrons. The van der Waals surface area contributed by atoms with E-state index in [-0.39, 0.29) is 5.56 Å². The Balaban J connectivity index is 1.98. The maximum atomic E-state index is 12.4. The molecule has 0 spiro atoms. The van der Waals surface area contributed by atoms with E-state index in [1.165, 1.54) is 10.9 Å². The van der Waals surface area contributed by atoms with E-state index in [9.17, 15) is 9.90 Å². The zero-order valence-corrected chi connectivity index (χ0v) is 12.6. The first-order valence-corrected chi connectivity index (χ1v) is 7.45. The molecule has 20 heavy (non-hydrogen) atoms. The first kappa shape index (κ1) is 13.7. The van der Waals surface area contributed by atoms with Crippen LogP contribution in [-0.4, -0.2) is 33.3 Å². The monoisotopic (exact) mass is 337 g/mol. The molecule has 5 nitrogen and oxygen atoms in total. The number of nitrogens with one attached hydrogen (secondary N) is 1. The molecule has 3 rings (SSSR count). The van der Waals surface area contributed by atoms with Gasteiger partial charge in [-0.25, -0.2) is 4.98 Å². The minimum atomic E-state index is -0.820. The Morgan fingerprint density at radius 3 is 2.90 bits per heavy atom. The minimum absolute atomic E-state index is 0.102. The van der Waals surface area contributed by atoms with Crippen molar-refractivity contribution >= 4 is 26.8 Å².